The van der Waals surface area contributed by atoms with Crippen molar-refractivity contribution in [2.75, 3.05) is 19.8 Å². The Labute approximate surface area is 138 Å². The second kappa shape index (κ2) is 8.77. The Morgan fingerprint density at radius 1 is 1.43 bits per heavy atom. The number of amides is 2. The number of fused-ring (bicyclic) bond motifs is 1. The van der Waals surface area contributed by atoms with Crippen LogP contribution in [0.2, 0.25) is 0 Å². The van der Waals surface area contributed by atoms with Crippen LogP contribution in [0.5, 0.6) is 5.75 Å². The molecule has 0 radical (unpaired) electrons. The maximum atomic E-state index is 12.3. The first-order valence-corrected chi connectivity index (χ1v) is 8.55. The van der Waals surface area contributed by atoms with E-state index in [-0.39, 0.29) is 18.7 Å². The van der Waals surface area contributed by atoms with Crippen LogP contribution >= 0.6 is 0 Å². The summed E-state index contributed by atoms with van der Waals surface area (Å²) in [6.07, 6.45) is 3.37. The number of benzene rings is 1. The van der Waals surface area contributed by atoms with Gasteiger partial charge in [0.05, 0.1) is 6.61 Å². The maximum Gasteiger partial charge on any atom is 0.317 e. The Morgan fingerprint density at radius 3 is 3.00 bits per heavy atom. The third kappa shape index (κ3) is 5.13. The van der Waals surface area contributed by atoms with Crippen LogP contribution in [0, 0.1) is 0 Å². The van der Waals surface area contributed by atoms with Crippen LogP contribution in [0.15, 0.2) is 18.2 Å². The van der Waals surface area contributed by atoms with Gasteiger partial charge in [-0.05, 0) is 55.9 Å². The molecule has 0 saturated heterocycles. The summed E-state index contributed by atoms with van der Waals surface area (Å²) >= 11 is 0. The lowest BCUT2D eigenvalue weighted by atomic mass is 9.99. The highest BCUT2D eigenvalue weighted by Crippen LogP contribution is 2.24. The topological polar surface area (TPSA) is 61.8 Å². The number of hydrogen-bond acceptors (Lipinski definition) is 3. The number of carbonyl (C=O) groups excluding carboxylic acids is 1. The number of hydrogen-bond donors (Lipinski definition) is 2. The van der Waals surface area contributed by atoms with Crippen molar-refractivity contribution in [1.29, 1.82) is 0 Å². The lowest BCUT2D eigenvalue weighted by Gasteiger charge is -2.30. The van der Waals surface area contributed by atoms with Gasteiger partial charge in [0.2, 0.25) is 0 Å². The van der Waals surface area contributed by atoms with Gasteiger partial charge in [0.1, 0.15) is 5.75 Å². The van der Waals surface area contributed by atoms with E-state index >= 15 is 0 Å². The van der Waals surface area contributed by atoms with E-state index in [0.717, 1.165) is 38.2 Å². The third-order valence-corrected chi connectivity index (χ3v) is 4.12. The van der Waals surface area contributed by atoms with Gasteiger partial charge in [0.15, 0.2) is 0 Å². The lowest BCUT2D eigenvalue weighted by Crippen LogP contribution is -2.45. The molecular weight excluding hydrogens is 292 g/mol. The predicted molar refractivity (Wildman–Crippen MR) is 90.7 cm³/mol. The number of aliphatic hydroxyl groups is 1. The molecule has 0 bridgehead atoms. The molecule has 23 heavy (non-hydrogen) atoms. The van der Waals surface area contributed by atoms with Gasteiger partial charge in [-0.2, -0.15) is 0 Å². The highest BCUT2D eigenvalue weighted by molar-refractivity contribution is 5.74. The van der Waals surface area contributed by atoms with Gasteiger partial charge < -0.3 is 20.1 Å². The Balaban J connectivity index is 1.91. The largest absolute Gasteiger partial charge is 0.494 e. The molecule has 128 valence electrons. The maximum absolute atomic E-state index is 12.3. The van der Waals surface area contributed by atoms with Crippen molar-refractivity contribution in [3.8, 4) is 5.75 Å². The zero-order valence-corrected chi connectivity index (χ0v) is 14.2. The Hall–Kier alpha value is -1.75. The average molecular weight is 320 g/mol. The van der Waals surface area contributed by atoms with Gasteiger partial charge in [-0.3, -0.25) is 0 Å². The van der Waals surface area contributed by atoms with Crippen molar-refractivity contribution in [1.82, 2.24) is 10.2 Å². The summed E-state index contributed by atoms with van der Waals surface area (Å²) in [6.45, 7) is 6.34. The molecule has 5 nitrogen and oxygen atoms in total. The molecule has 0 aliphatic carbocycles. The SMILES string of the molecule is CCCOc1ccc2c(c1)CCN(C(=O)NC(C)CCCO)C2. The van der Waals surface area contributed by atoms with Gasteiger partial charge in [0, 0.05) is 25.7 Å². The van der Waals surface area contributed by atoms with Crippen molar-refractivity contribution in [3.05, 3.63) is 29.3 Å². The highest BCUT2D eigenvalue weighted by Gasteiger charge is 2.21. The molecule has 1 unspecified atom stereocenters. The fourth-order valence-electron chi connectivity index (χ4n) is 2.78. The molecule has 0 fully saturated rings. The molecular formula is C18H28N2O3. The molecule has 5 heteroatoms. The van der Waals surface area contributed by atoms with Crippen molar-refractivity contribution in [2.45, 2.75) is 52.1 Å². The fourth-order valence-corrected chi connectivity index (χ4v) is 2.78. The normalized spacial score (nSPS) is 15.0. The molecule has 1 heterocycles. The standard InChI is InChI=1S/C18H28N2O3/c1-3-11-23-17-7-6-16-13-20(9-8-15(16)12-17)18(22)19-14(2)5-4-10-21/h6-7,12,14,21H,3-5,8-11,13H2,1-2H3,(H,19,22). The summed E-state index contributed by atoms with van der Waals surface area (Å²) in [5.74, 6) is 0.918. The first-order valence-electron chi connectivity index (χ1n) is 8.55. The first-order chi connectivity index (χ1) is 11.1. The molecule has 2 N–H and O–H groups in total. The van der Waals surface area contributed by atoms with E-state index in [1.807, 2.05) is 17.9 Å². The van der Waals surface area contributed by atoms with Gasteiger partial charge in [-0.1, -0.05) is 13.0 Å². The van der Waals surface area contributed by atoms with Crippen molar-refractivity contribution >= 4 is 6.03 Å². The molecule has 1 atom stereocenters. The van der Waals surface area contributed by atoms with Crippen LogP contribution in [-0.4, -0.2) is 41.8 Å². The Morgan fingerprint density at radius 2 is 2.26 bits per heavy atom. The van der Waals surface area contributed by atoms with Gasteiger partial charge in [0.25, 0.3) is 0 Å². The minimum Gasteiger partial charge on any atom is -0.494 e. The monoisotopic (exact) mass is 320 g/mol. The molecule has 2 amide bonds. The summed E-state index contributed by atoms with van der Waals surface area (Å²) < 4.78 is 5.67. The Bertz CT molecular complexity index is 519. The van der Waals surface area contributed by atoms with Crippen LogP contribution in [-0.2, 0) is 13.0 Å². The second-order valence-corrected chi connectivity index (χ2v) is 6.17. The first kappa shape index (κ1) is 17.6. The summed E-state index contributed by atoms with van der Waals surface area (Å²) in [7, 11) is 0. The highest BCUT2D eigenvalue weighted by atomic mass is 16.5. The summed E-state index contributed by atoms with van der Waals surface area (Å²) in [5, 5.41) is 11.9. The van der Waals surface area contributed by atoms with Crippen LogP contribution in [0.1, 0.15) is 44.2 Å². The average Bonchev–Trinajstić information content (AvgIpc) is 2.57. The number of urea groups is 1. The minimum atomic E-state index is -0.0209. The van der Waals surface area contributed by atoms with Crippen LogP contribution in [0.25, 0.3) is 0 Å². The minimum absolute atomic E-state index is 0.0209. The number of nitrogens with zero attached hydrogens (tertiary/aromatic N) is 1. The number of aliphatic hydroxyl groups excluding tert-OH is 1. The molecule has 1 aromatic rings. The smallest absolute Gasteiger partial charge is 0.317 e. The Kier molecular flexibility index (Phi) is 6.71. The third-order valence-electron chi connectivity index (χ3n) is 4.12. The molecule has 1 aromatic carbocycles. The number of rotatable bonds is 7. The van der Waals surface area contributed by atoms with E-state index in [1.54, 1.807) is 0 Å². The molecule has 2 rings (SSSR count). The molecule has 1 aliphatic heterocycles. The zero-order chi connectivity index (χ0) is 16.7. The van der Waals surface area contributed by atoms with E-state index in [4.69, 9.17) is 9.84 Å². The number of carbonyl (C=O) groups is 1. The number of ether oxygens (including phenoxy) is 1. The van der Waals surface area contributed by atoms with E-state index in [9.17, 15) is 4.79 Å². The summed E-state index contributed by atoms with van der Waals surface area (Å²) in [4.78, 5) is 14.2. The van der Waals surface area contributed by atoms with Crippen LogP contribution < -0.4 is 10.1 Å². The lowest BCUT2D eigenvalue weighted by molar-refractivity contribution is 0.187. The molecule has 0 saturated carbocycles. The number of nitrogens with one attached hydrogen (secondary N) is 1. The molecule has 0 spiro atoms. The van der Waals surface area contributed by atoms with Gasteiger partial charge >= 0.3 is 6.03 Å². The van der Waals surface area contributed by atoms with E-state index in [0.29, 0.717) is 13.0 Å². The van der Waals surface area contributed by atoms with Crippen molar-refractivity contribution < 1.29 is 14.6 Å². The zero-order valence-electron chi connectivity index (χ0n) is 14.2. The van der Waals surface area contributed by atoms with E-state index in [1.165, 1.54) is 11.1 Å². The predicted octanol–water partition coefficient (Wildman–Crippen LogP) is 2.70. The molecule has 0 aromatic heterocycles. The van der Waals surface area contributed by atoms with E-state index in [2.05, 4.69) is 24.4 Å². The van der Waals surface area contributed by atoms with Crippen LogP contribution in [0.3, 0.4) is 0 Å². The van der Waals surface area contributed by atoms with Crippen molar-refractivity contribution in [3.63, 3.8) is 0 Å². The quantitative estimate of drug-likeness (QED) is 0.812. The second-order valence-electron chi connectivity index (χ2n) is 6.17. The van der Waals surface area contributed by atoms with Gasteiger partial charge in [-0.15, -0.1) is 0 Å². The fraction of sp³-hybridized carbons (Fsp3) is 0.611. The van der Waals surface area contributed by atoms with Gasteiger partial charge in [-0.25, -0.2) is 4.79 Å². The summed E-state index contributed by atoms with van der Waals surface area (Å²) in [6, 6.07) is 6.21. The summed E-state index contributed by atoms with van der Waals surface area (Å²) in [5.41, 5.74) is 2.47. The molecule has 1 aliphatic rings. The van der Waals surface area contributed by atoms with Crippen molar-refractivity contribution in [2.24, 2.45) is 0 Å². The van der Waals surface area contributed by atoms with E-state index < -0.39 is 0 Å². The van der Waals surface area contributed by atoms with Crippen LogP contribution in [0.4, 0.5) is 4.79 Å².